The number of aromatic nitrogens is 2. The molecule has 2 saturated heterocycles. The van der Waals surface area contributed by atoms with Gasteiger partial charge in [0.2, 0.25) is 0 Å². The van der Waals surface area contributed by atoms with Crippen molar-refractivity contribution >= 4 is 5.78 Å². The molecule has 0 N–H and O–H groups in total. The van der Waals surface area contributed by atoms with E-state index in [4.69, 9.17) is 0 Å². The Balaban J connectivity index is 1.12. The van der Waals surface area contributed by atoms with Gasteiger partial charge in [0.25, 0.3) is 0 Å². The minimum atomic E-state index is 0.204. The molecular formula is C28H48N4O. The van der Waals surface area contributed by atoms with Crippen LogP contribution in [0, 0.1) is 23.7 Å². The van der Waals surface area contributed by atoms with Crippen LogP contribution < -0.4 is 0 Å². The van der Waals surface area contributed by atoms with Crippen molar-refractivity contribution in [3.8, 4) is 0 Å². The van der Waals surface area contributed by atoms with E-state index >= 15 is 0 Å². The number of carbonyl (C=O) groups excluding carboxylic acids is 1. The molecule has 3 aliphatic rings. The first-order valence-electron chi connectivity index (χ1n) is 13.9. The molecule has 3 heterocycles. The van der Waals surface area contributed by atoms with Crippen LogP contribution >= 0.6 is 0 Å². The molecule has 0 bridgehead atoms. The van der Waals surface area contributed by atoms with Crippen molar-refractivity contribution in [2.24, 2.45) is 23.7 Å². The monoisotopic (exact) mass is 456 g/mol. The van der Waals surface area contributed by atoms with E-state index in [-0.39, 0.29) is 5.92 Å². The Labute approximate surface area is 202 Å². The molecule has 4 rings (SSSR count). The lowest BCUT2D eigenvalue weighted by Crippen LogP contribution is -2.46. The third kappa shape index (κ3) is 6.69. The first-order valence-corrected chi connectivity index (χ1v) is 13.9. The number of rotatable bonds is 8. The molecule has 1 aliphatic carbocycles. The van der Waals surface area contributed by atoms with E-state index < -0.39 is 0 Å². The van der Waals surface area contributed by atoms with E-state index in [1.165, 1.54) is 76.8 Å². The number of hydrogen-bond donors (Lipinski definition) is 0. The topological polar surface area (TPSA) is 41.4 Å². The Morgan fingerprint density at radius 1 is 0.879 bits per heavy atom. The summed E-state index contributed by atoms with van der Waals surface area (Å²) in [7, 11) is 0. The number of ketones is 1. The summed E-state index contributed by atoms with van der Waals surface area (Å²) in [4.78, 5) is 17.8. The van der Waals surface area contributed by atoms with E-state index in [2.05, 4.69) is 53.5 Å². The second kappa shape index (κ2) is 11.5. The van der Waals surface area contributed by atoms with Gasteiger partial charge in [0.1, 0.15) is 5.78 Å². The second-order valence-electron chi connectivity index (χ2n) is 11.9. The van der Waals surface area contributed by atoms with Crippen molar-refractivity contribution in [1.82, 2.24) is 19.6 Å². The molecule has 5 heteroatoms. The SMILES string of the molecule is CC(C)C(=O)C1CCC(N2CCC(CN3CCC(Cn4cc(C(C)C)cn4)CC3)CC2)CC1. The van der Waals surface area contributed by atoms with Gasteiger partial charge in [0.05, 0.1) is 6.20 Å². The summed E-state index contributed by atoms with van der Waals surface area (Å²) in [6, 6.07) is 0.733. The maximum atomic E-state index is 12.3. The lowest BCUT2D eigenvalue weighted by Gasteiger charge is -2.42. The van der Waals surface area contributed by atoms with Crippen molar-refractivity contribution < 1.29 is 4.79 Å². The van der Waals surface area contributed by atoms with Crippen LogP contribution in [-0.4, -0.2) is 64.1 Å². The number of hydrogen-bond acceptors (Lipinski definition) is 4. The van der Waals surface area contributed by atoms with Crippen LogP contribution in [0.5, 0.6) is 0 Å². The van der Waals surface area contributed by atoms with Crippen LogP contribution in [0.2, 0.25) is 0 Å². The summed E-state index contributed by atoms with van der Waals surface area (Å²) in [6.07, 6.45) is 14.3. The second-order valence-corrected chi connectivity index (χ2v) is 11.9. The molecule has 2 aliphatic heterocycles. The molecule has 0 amide bonds. The van der Waals surface area contributed by atoms with Crippen LogP contribution in [0.15, 0.2) is 12.4 Å². The number of carbonyl (C=O) groups is 1. The molecule has 5 nitrogen and oxygen atoms in total. The molecule has 33 heavy (non-hydrogen) atoms. The zero-order chi connectivity index (χ0) is 23.4. The Morgan fingerprint density at radius 2 is 1.48 bits per heavy atom. The molecule has 1 aromatic rings. The van der Waals surface area contributed by atoms with Crippen LogP contribution in [0.25, 0.3) is 0 Å². The van der Waals surface area contributed by atoms with E-state index in [1.54, 1.807) is 0 Å². The molecule has 0 spiro atoms. The maximum Gasteiger partial charge on any atom is 0.138 e. The zero-order valence-electron chi connectivity index (χ0n) is 21.7. The fourth-order valence-corrected chi connectivity index (χ4v) is 6.46. The molecule has 0 aromatic carbocycles. The Bertz CT molecular complexity index is 733. The third-order valence-corrected chi connectivity index (χ3v) is 8.82. The van der Waals surface area contributed by atoms with Gasteiger partial charge in [-0.25, -0.2) is 0 Å². The van der Waals surface area contributed by atoms with Crippen molar-refractivity contribution in [2.75, 3.05) is 32.7 Å². The molecule has 1 saturated carbocycles. The molecule has 0 unspecified atom stereocenters. The van der Waals surface area contributed by atoms with Crippen LogP contribution in [-0.2, 0) is 11.3 Å². The van der Waals surface area contributed by atoms with Gasteiger partial charge >= 0.3 is 0 Å². The average molecular weight is 457 g/mol. The zero-order valence-corrected chi connectivity index (χ0v) is 21.7. The van der Waals surface area contributed by atoms with Crippen LogP contribution in [0.4, 0.5) is 0 Å². The largest absolute Gasteiger partial charge is 0.303 e. The van der Waals surface area contributed by atoms with Gasteiger partial charge in [-0.15, -0.1) is 0 Å². The van der Waals surface area contributed by atoms with Crippen molar-refractivity contribution in [3.05, 3.63) is 18.0 Å². The van der Waals surface area contributed by atoms with Gasteiger partial charge in [0.15, 0.2) is 0 Å². The Hall–Kier alpha value is -1.20. The average Bonchev–Trinajstić information content (AvgIpc) is 3.29. The quantitative estimate of drug-likeness (QED) is 0.538. The molecule has 0 radical (unpaired) electrons. The number of piperidine rings is 2. The Kier molecular flexibility index (Phi) is 8.67. The summed E-state index contributed by atoms with van der Waals surface area (Å²) >= 11 is 0. The standard InChI is InChI=1S/C28H48N4O/c1-21(2)26-17-29-32(20-26)19-24-9-13-30(14-10-24)18-23-11-15-31(16-12-23)27-7-5-25(6-8-27)28(33)22(3)4/h17,20-25,27H,5-16,18-19H2,1-4H3. The van der Waals surface area contributed by atoms with Crippen molar-refractivity contribution in [3.63, 3.8) is 0 Å². The number of nitrogens with zero attached hydrogens (tertiary/aromatic N) is 4. The molecular weight excluding hydrogens is 408 g/mol. The predicted octanol–water partition coefficient (Wildman–Crippen LogP) is 5.21. The summed E-state index contributed by atoms with van der Waals surface area (Å²) in [6.45, 7) is 16.1. The van der Waals surface area contributed by atoms with Crippen LogP contribution in [0.3, 0.4) is 0 Å². The molecule has 186 valence electrons. The van der Waals surface area contributed by atoms with Crippen LogP contribution in [0.1, 0.15) is 90.5 Å². The van der Waals surface area contributed by atoms with E-state index in [9.17, 15) is 4.79 Å². The van der Waals surface area contributed by atoms with Crippen molar-refractivity contribution in [2.45, 2.75) is 97.6 Å². The fourth-order valence-electron chi connectivity index (χ4n) is 6.46. The highest BCUT2D eigenvalue weighted by atomic mass is 16.1. The fraction of sp³-hybridized carbons (Fsp3) is 0.857. The smallest absolute Gasteiger partial charge is 0.138 e. The van der Waals surface area contributed by atoms with Gasteiger partial charge in [-0.2, -0.15) is 5.10 Å². The summed E-state index contributed by atoms with van der Waals surface area (Å²) in [5.41, 5.74) is 1.36. The first-order chi connectivity index (χ1) is 15.9. The van der Waals surface area contributed by atoms with E-state index in [0.717, 1.165) is 37.3 Å². The van der Waals surface area contributed by atoms with Gasteiger partial charge in [-0.3, -0.25) is 9.48 Å². The summed E-state index contributed by atoms with van der Waals surface area (Å²) < 4.78 is 2.18. The molecule has 1 aromatic heterocycles. The Morgan fingerprint density at radius 3 is 2.06 bits per heavy atom. The minimum absolute atomic E-state index is 0.204. The highest BCUT2D eigenvalue weighted by molar-refractivity contribution is 5.82. The first kappa shape index (κ1) is 24.9. The summed E-state index contributed by atoms with van der Waals surface area (Å²) in [5.74, 6) is 3.26. The lowest BCUT2D eigenvalue weighted by atomic mass is 9.79. The van der Waals surface area contributed by atoms with E-state index in [0.29, 0.717) is 17.6 Å². The summed E-state index contributed by atoms with van der Waals surface area (Å²) in [5, 5.41) is 4.59. The van der Waals surface area contributed by atoms with Crippen molar-refractivity contribution in [1.29, 1.82) is 0 Å². The lowest BCUT2D eigenvalue weighted by molar-refractivity contribution is -0.127. The van der Waals surface area contributed by atoms with Gasteiger partial charge in [-0.1, -0.05) is 27.7 Å². The number of Topliss-reactive ketones (excluding diaryl/α,β-unsaturated/α-hetero) is 1. The normalized spacial score (nSPS) is 27.0. The number of likely N-dealkylation sites (tertiary alicyclic amines) is 2. The third-order valence-electron chi connectivity index (χ3n) is 8.82. The highest BCUT2D eigenvalue weighted by Gasteiger charge is 2.32. The van der Waals surface area contributed by atoms with E-state index in [1.807, 2.05) is 6.20 Å². The molecule has 3 fully saturated rings. The molecule has 0 atom stereocenters. The predicted molar refractivity (Wildman–Crippen MR) is 135 cm³/mol. The maximum absolute atomic E-state index is 12.3. The van der Waals surface area contributed by atoms with Gasteiger partial charge < -0.3 is 9.80 Å². The van der Waals surface area contributed by atoms with Gasteiger partial charge in [-0.05, 0) is 101 Å². The highest BCUT2D eigenvalue weighted by Crippen LogP contribution is 2.32. The minimum Gasteiger partial charge on any atom is -0.303 e. The van der Waals surface area contributed by atoms with Gasteiger partial charge in [0, 0.05) is 37.2 Å².